The number of aliphatic imine (C=N–C) groups is 1. The number of nitrogens with two attached hydrogens (primary N) is 1. The van der Waals surface area contributed by atoms with Crippen LogP contribution >= 0.6 is 11.8 Å². The first-order valence-corrected chi connectivity index (χ1v) is 9.07. The Morgan fingerprint density at radius 3 is 2.75 bits per heavy atom. The van der Waals surface area contributed by atoms with Gasteiger partial charge >= 0.3 is 0 Å². The van der Waals surface area contributed by atoms with Gasteiger partial charge < -0.3 is 15.8 Å². The number of nitrogens with one attached hydrogen (secondary N) is 1. The van der Waals surface area contributed by atoms with Gasteiger partial charge in [-0.3, -0.25) is 9.79 Å². The number of amides is 1. The fraction of sp³-hybridized carbons (Fsp3) is 0.588. The zero-order valence-corrected chi connectivity index (χ0v) is 14.8. The zero-order chi connectivity index (χ0) is 17.9. The Morgan fingerprint density at radius 2 is 2.17 bits per heavy atom. The lowest BCUT2D eigenvalue weighted by atomic mass is 9.83. The molecule has 2 aliphatic carbocycles. The summed E-state index contributed by atoms with van der Waals surface area (Å²) in [7, 11) is 0. The van der Waals surface area contributed by atoms with Crippen molar-refractivity contribution in [3.8, 4) is 0 Å². The Balaban J connectivity index is 2.15. The molecule has 0 aromatic rings. The number of allylic oxidation sites excluding steroid dienone is 3. The molecular formula is C17H24FN3O2S. The van der Waals surface area contributed by atoms with Crippen LogP contribution < -0.4 is 11.1 Å². The molecule has 24 heavy (non-hydrogen) atoms. The highest BCUT2D eigenvalue weighted by Gasteiger charge is 2.54. The van der Waals surface area contributed by atoms with E-state index in [1.807, 2.05) is 0 Å². The van der Waals surface area contributed by atoms with Crippen LogP contribution in [-0.4, -0.2) is 35.5 Å². The lowest BCUT2D eigenvalue weighted by Gasteiger charge is -2.35. The van der Waals surface area contributed by atoms with E-state index in [0.717, 1.165) is 25.3 Å². The number of carbonyl (C=O) groups is 2. The molecule has 5 atom stereocenters. The number of thioether (sulfide) groups is 1. The van der Waals surface area contributed by atoms with Crippen molar-refractivity contribution in [2.24, 2.45) is 28.5 Å². The minimum atomic E-state index is -0.485. The molecule has 0 aliphatic heterocycles. The highest BCUT2D eigenvalue weighted by Crippen LogP contribution is 2.52. The van der Waals surface area contributed by atoms with Crippen LogP contribution in [0, 0.1) is 17.8 Å². The van der Waals surface area contributed by atoms with E-state index >= 15 is 0 Å². The molecule has 2 fully saturated rings. The normalized spacial score (nSPS) is 32.7. The van der Waals surface area contributed by atoms with Crippen LogP contribution in [0.3, 0.4) is 0 Å². The van der Waals surface area contributed by atoms with E-state index in [2.05, 4.69) is 16.9 Å². The van der Waals surface area contributed by atoms with Crippen molar-refractivity contribution in [3.63, 3.8) is 0 Å². The fourth-order valence-electron chi connectivity index (χ4n) is 3.84. The van der Waals surface area contributed by atoms with E-state index in [0.29, 0.717) is 22.4 Å². The van der Waals surface area contributed by atoms with Crippen molar-refractivity contribution >= 4 is 30.2 Å². The fourth-order valence-corrected chi connectivity index (χ4v) is 5.08. The highest BCUT2D eigenvalue weighted by atomic mass is 32.2. The van der Waals surface area contributed by atoms with E-state index in [-0.39, 0.29) is 29.7 Å². The van der Waals surface area contributed by atoms with Gasteiger partial charge in [-0.1, -0.05) is 6.58 Å². The molecule has 0 aromatic heterocycles. The van der Waals surface area contributed by atoms with Crippen molar-refractivity contribution in [1.29, 1.82) is 0 Å². The number of hydrogen-bond acceptors (Lipinski definition) is 5. The zero-order valence-electron chi connectivity index (χ0n) is 14.0. The topological polar surface area (TPSA) is 84.6 Å². The molecule has 2 saturated carbocycles. The summed E-state index contributed by atoms with van der Waals surface area (Å²) >= 11 is 1.61. The van der Waals surface area contributed by atoms with Crippen molar-refractivity contribution in [2.45, 2.75) is 38.0 Å². The maximum atomic E-state index is 14.1. The van der Waals surface area contributed by atoms with Gasteiger partial charge in [0.2, 0.25) is 5.91 Å². The quantitative estimate of drug-likeness (QED) is 0.517. The van der Waals surface area contributed by atoms with Crippen molar-refractivity contribution < 1.29 is 14.0 Å². The Kier molecular flexibility index (Phi) is 6.21. The van der Waals surface area contributed by atoms with E-state index in [9.17, 15) is 14.0 Å². The Hall–Kier alpha value is -1.63. The van der Waals surface area contributed by atoms with Crippen LogP contribution in [0.15, 0.2) is 28.8 Å². The van der Waals surface area contributed by atoms with E-state index in [1.54, 1.807) is 25.6 Å². The molecule has 0 heterocycles. The second kappa shape index (κ2) is 7.96. The van der Waals surface area contributed by atoms with Crippen molar-refractivity contribution in [3.05, 3.63) is 23.8 Å². The minimum Gasteiger partial charge on any atom is -0.382 e. The minimum absolute atomic E-state index is 0.200. The molecular weight excluding hydrogens is 329 g/mol. The third kappa shape index (κ3) is 4.06. The van der Waals surface area contributed by atoms with Gasteiger partial charge in [0.1, 0.15) is 6.29 Å². The average Bonchev–Trinajstić information content (AvgIpc) is 3.07. The molecule has 0 saturated heterocycles. The van der Waals surface area contributed by atoms with Gasteiger partial charge in [-0.25, -0.2) is 4.39 Å². The third-order valence-corrected chi connectivity index (χ3v) is 6.09. The van der Waals surface area contributed by atoms with Gasteiger partial charge in [0.25, 0.3) is 0 Å². The molecule has 2 aliphatic rings. The number of halogens is 1. The number of hydrogen-bond donors (Lipinski definition) is 2. The molecule has 1 amide bonds. The number of primary amides is 1. The summed E-state index contributed by atoms with van der Waals surface area (Å²) in [5.41, 5.74) is 6.43. The van der Waals surface area contributed by atoms with Gasteiger partial charge in [0, 0.05) is 28.4 Å². The van der Waals surface area contributed by atoms with Gasteiger partial charge in [0.05, 0.1) is 12.1 Å². The molecule has 5 unspecified atom stereocenters. The van der Waals surface area contributed by atoms with E-state index in [4.69, 9.17) is 5.73 Å². The van der Waals surface area contributed by atoms with Crippen LogP contribution in [0.25, 0.3) is 0 Å². The first-order valence-electron chi connectivity index (χ1n) is 8.02. The summed E-state index contributed by atoms with van der Waals surface area (Å²) in [6, 6.07) is -0.200. The summed E-state index contributed by atoms with van der Waals surface area (Å²) in [4.78, 5) is 26.3. The number of fused-ring (bicyclic) bond motifs is 2. The average molecular weight is 353 g/mol. The summed E-state index contributed by atoms with van der Waals surface area (Å²) < 4.78 is 14.1. The smallest absolute Gasteiger partial charge is 0.222 e. The van der Waals surface area contributed by atoms with E-state index in [1.165, 1.54) is 0 Å². The Bertz CT molecular complexity index is 590. The summed E-state index contributed by atoms with van der Waals surface area (Å²) in [5, 5.41) is 3.45. The Labute approximate surface area is 146 Å². The molecule has 5 nitrogen and oxygen atoms in total. The predicted octanol–water partition coefficient (Wildman–Crippen LogP) is 2.19. The predicted molar refractivity (Wildman–Crippen MR) is 95.2 cm³/mol. The van der Waals surface area contributed by atoms with Gasteiger partial charge in [-0.2, -0.15) is 11.8 Å². The molecule has 2 rings (SSSR count). The second-order valence-electron chi connectivity index (χ2n) is 6.50. The van der Waals surface area contributed by atoms with Crippen LogP contribution in [-0.2, 0) is 9.59 Å². The Morgan fingerprint density at radius 1 is 1.46 bits per heavy atom. The lowest BCUT2D eigenvalue weighted by Crippen LogP contribution is -2.49. The number of aldehydes is 1. The first-order chi connectivity index (χ1) is 11.3. The first kappa shape index (κ1) is 18.7. The van der Waals surface area contributed by atoms with Gasteiger partial charge in [-0.15, -0.1) is 0 Å². The van der Waals surface area contributed by atoms with Crippen LogP contribution in [0.4, 0.5) is 4.39 Å². The van der Waals surface area contributed by atoms with Crippen LogP contribution in [0.2, 0.25) is 0 Å². The van der Waals surface area contributed by atoms with Gasteiger partial charge in [-0.05, 0) is 38.5 Å². The molecule has 132 valence electrons. The van der Waals surface area contributed by atoms with E-state index < -0.39 is 5.83 Å². The molecule has 0 spiro atoms. The number of nitrogens with zero attached hydrogens (tertiary/aromatic N) is 1. The summed E-state index contributed by atoms with van der Waals surface area (Å²) in [6.45, 7) is 6.90. The maximum Gasteiger partial charge on any atom is 0.222 e. The monoisotopic (exact) mass is 353 g/mol. The van der Waals surface area contributed by atoms with Crippen LogP contribution in [0.1, 0.15) is 26.7 Å². The molecule has 2 bridgehead atoms. The number of carbonyl (C=O) groups excluding carboxylic acids is 2. The van der Waals surface area contributed by atoms with Crippen molar-refractivity contribution in [2.75, 3.05) is 5.75 Å². The SMILES string of the molecule is C=C(C)/N=C\C(F)=C(/C)NC1C2CC(CC2SCC=O)C1C(N)=O. The largest absolute Gasteiger partial charge is 0.382 e. The maximum absolute atomic E-state index is 14.1. The molecule has 7 heteroatoms. The highest BCUT2D eigenvalue weighted by molar-refractivity contribution is 8.00. The lowest BCUT2D eigenvalue weighted by molar-refractivity contribution is -0.124. The van der Waals surface area contributed by atoms with Crippen LogP contribution in [0.5, 0.6) is 0 Å². The second-order valence-corrected chi connectivity index (χ2v) is 7.77. The summed E-state index contributed by atoms with van der Waals surface area (Å²) in [6.07, 6.45) is 3.78. The van der Waals surface area contributed by atoms with Crippen molar-refractivity contribution in [1.82, 2.24) is 5.32 Å². The summed E-state index contributed by atoms with van der Waals surface area (Å²) in [5.74, 6) is -0.281. The van der Waals surface area contributed by atoms with Gasteiger partial charge in [0.15, 0.2) is 5.83 Å². The third-order valence-electron chi connectivity index (χ3n) is 4.79. The molecule has 3 N–H and O–H groups in total. The number of rotatable bonds is 8. The standard InChI is InChI=1S/C17H24FN3O2S/c1-9(2)20-8-13(18)10(3)21-16-12-6-11(15(16)17(19)23)7-14(12)24-5-4-22/h4,8,11-12,14-16,21H,1,5-7H2,2-3H3,(H2,19,23)/b13-10-,20-8-. The molecule has 0 radical (unpaired) electrons. The molecule has 0 aromatic carbocycles.